The number of carbonyl (C=O) groups excluding carboxylic acids is 1. The molecule has 0 saturated heterocycles. The molecule has 2 heterocycles. The van der Waals surface area contributed by atoms with Crippen molar-refractivity contribution in [1.82, 2.24) is 9.97 Å². The number of rotatable bonds is 0. The third kappa shape index (κ3) is 4.05. The molecule has 33 heavy (non-hydrogen) atoms. The smallest absolute Gasteiger partial charge is 0.195 e. The molecule has 0 spiro atoms. The Labute approximate surface area is 192 Å². The number of ketones is 1. The minimum absolute atomic E-state index is 0.108. The van der Waals surface area contributed by atoms with Crippen LogP contribution in [-0.4, -0.2) is 26.7 Å². The lowest BCUT2D eigenvalue weighted by Gasteiger charge is -2.07. The zero-order valence-electron chi connectivity index (χ0n) is 18.1. The molecule has 0 saturated carbocycles. The van der Waals surface area contributed by atoms with E-state index in [1.165, 1.54) is 5.56 Å². The Kier molecular flexibility index (Phi) is 5.77. The van der Waals surface area contributed by atoms with Gasteiger partial charge in [0.1, 0.15) is 5.71 Å². The van der Waals surface area contributed by atoms with Crippen molar-refractivity contribution in [3.8, 4) is 0 Å². The molecule has 0 radical (unpaired) electrons. The van der Waals surface area contributed by atoms with Gasteiger partial charge in [0.15, 0.2) is 5.78 Å². The molecule has 0 bridgehead atoms. The molecule has 2 aromatic carbocycles. The van der Waals surface area contributed by atoms with Crippen molar-refractivity contribution >= 4 is 11.5 Å². The Morgan fingerprint density at radius 3 is 1.79 bits per heavy atom. The predicted molar refractivity (Wildman–Crippen MR) is 127 cm³/mol. The van der Waals surface area contributed by atoms with Gasteiger partial charge in [-0.25, -0.2) is 0 Å². The Balaban J connectivity index is 0.000000139. The van der Waals surface area contributed by atoms with Crippen LogP contribution in [0.15, 0.2) is 90.3 Å². The van der Waals surface area contributed by atoms with E-state index < -0.39 is 0 Å². The highest BCUT2D eigenvalue weighted by Gasteiger charge is 2.21. The first kappa shape index (κ1) is 20.8. The number of hydrogen-bond donors (Lipinski definition) is 1. The normalized spacial score (nSPS) is 15.0. The molecule has 2 aliphatic carbocycles. The fraction of sp³-hybridized carbons (Fsp3) is 0.143. The van der Waals surface area contributed by atoms with Crippen molar-refractivity contribution in [3.63, 3.8) is 0 Å². The molecule has 5 heteroatoms. The standard InChI is InChI=1S/C14H12N2O.C14H11NO/c17-16-14-11-5-2-1-4-10(11)7-8-13-12(14)6-3-9-15-13;16-14-11-5-2-1-4-10(11)7-8-13-12(14)6-3-9-15-13/h1-6,9,17H,7-8H2;1-6,9H,7-8H2. The number of aromatic nitrogens is 2. The zero-order valence-corrected chi connectivity index (χ0v) is 18.1. The maximum Gasteiger partial charge on any atom is 0.195 e. The summed E-state index contributed by atoms with van der Waals surface area (Å²) >= 11 is 0. The maximum atomic E-state index is 12.3. The highest BCUT2D eigenvalue weighted by Crippen LogP contribution is 2.24. The Hall–Kier alpha value is -4.12. The van der Waals surface area contributed by atoms with Gasteiger partial charge in [-0.05, 0) is 61.1 Å². The molecule has 0 unspecified atom stereocenters. The van der Waals surface area contributed by atoms with Gasteiger partial charge in [-0.15, -0.1) is 0 Å². The molecule has 4 aromatic rings. The first-order valence-corrected chi connectivity index (χ1v) is 11.1. The third-order valence-corrected chi connectivity index (χ3v) is 6.18. The van der Waals surface area contributed by atoms with E-state index in [1.807, 2.05) is 66.7 Å². The van der Waals surface area contributed by atoms with E-state index in [-0.39, 0.29) is 5.78 Å². The van der Waals surface area contributed by atoms with Crippen LogP contribution in [0.1, 0.15) is 49.6 Å². The van der Waals surface area contributed by atoms with Crippen LogP contribution in [0.4, 0.5) is 0 Å². The molecule has 0 amide bonds. The minimum atomic E-state index is 0.108. The van der Waals surface area contributed by atoms with Gasteiger partial charge in [0.2, 0.25) is 0 Å². The van der Waals surface area contributed by atoms with Crippen molar-refractivity contribution in [2.24, 2.45) is 5.16 Å². The van der Waals surface area contributed by atoms with Crippen molar-refractivity contribution < 1.29 is 10.0 Å². The molecule has 5 nitrogen and oxygen atoms in total. The summed E-state index contributed by atoms with van der Waals surface area (Å²) < 4.78 is 0. The zero-order chi connectivity index (χ0) is 22.6. The summed E-state index contributed by atoms with van der Waals surface area (Å²) in [6, 6.07) is 23.4. The van der Waals surface area contributed by atoms with Gasteiger partial charge in [0.05, 0.1) is 11.4 Å². The predicted octanol–water partition coefficient (Wildman–Crippen LogP) is 4.82. The van der Waals surface area contributed by atoms with Crippen LogP contribution in [0.5, 0.6) is 0 Å². The summed E-state index contributed by atoms with van der Waals surface area (Å²) in [7, 11) is 0. The lowest BCUT2D eigenvalue weighted by Crippen LogP contribution is -2.06. The van der Waals surface area contributed by atoms with Gasteiger partial charge in [0, 0.05) is 34.6 Å². The SMILES string of the molecule is O=C1c2ccccc2CCc2ncccc21.ON=C1c2ccccc2CCc2ncccc21. The first-order chi connectivity index (χ1) is 16.3. The van der Waals surface area contributed by atoms with Gasteiger partial charge in [-0.1, -0.05) is 53.7 Å². The van der Waals surface area contributed by atoms with Crippen molar-refractivity contribution in [1.29, 1.82) is 0 Å². The number of carbonyl (C=O) groups is 1. The van der Waals surface area contributed by atoms with E-state index in [1.54, 1.807) is 12.4 Å². The highest BCUT2D eigenvalue weighted by atomic mass is 16.4. The lowest BCUT2D eigenvalue weighted by molar-refractivity contribution is 0.103. The number of pyridine rings is 2. The second-order valence-electron chi connectivity index (χ2n) is 8.09. The number of benzene rings is 2. The van der Waals surface area contributed by atoms with E-state index in [2.05, 4.69) is 21.2 Å². The topological polar surface area (TPSA) is 75.4 Å². The molecule has 1 N–H and O–H groups in total. The summed E-state index contributed by atoms with van der Waals surface area (Å²) in [6.45, 7) is 0. The minimum Gasteiger partial charge on any atom is -0.410 e. The van der Waals surface area contributed by atoms with Gasteiger partial charge in [-0.3, -0.25) is 14.8 Å². The van der Waals surface area contributed by atoms with Crippen LogP contribution in [0.3, 0.4) is 0 Å². The molecule has 0 aliphatic heterocycles. The summed E-state index contributed by atoms with van der Waals surface area (Å²) in [5.74, 6) is 0.108. The molecule has 162 valence electrons. The Morgan fingerprint density at radius 1 is 0.606 bits per heavy atom. The molecule has 2 aliphatic rings. The number of fused-ring (bicyclic) bond motifs is 4. The van der Waals surface area contributed by atoms with E-state index >= 15 is 0 Å². The van der Waals surface area contributed by atoms with Crippen LogP contribution in [-0.2, 0) is 25.7 Å². The fourth-order valence-corrected chi connectivity index (χ4v) is 4.53. The van der Waals surface area contributed by atoms with Crippen LogP contribution in [0.2, 0.25) is 0 Å². The Bertz CT molecular complexity index is 1260. The second kappa shape index (κ2) is 9.17. The van der Waals surface area contributed by atoms with Crippen molar-refractivity contribution in [3.05, 3.63) is 130 Å². The average Bonchev–Trinajstić information content (AvgIpc) is 3.13. The van der Waals surface area contributed by atoms with Crippen LogP contribution >= 0.6 is 0 Å². The number of hydrogen-bond acceptors (Lipinski definition) is 5. The van der Waals surface area contributed by atoms with E-state index in [9.17, 15) is 10.0 Å². The molecule has 2 aromatic heterocycles. The molecular weight excluding hydrogens is 410 g/mol. The van der Waals surface area contributed by atoms with Crippen molar-refractivity contribution in [2.75, 3.05) is 0 Å². The maximum absolute atomic E-state index is 12.3. The molecule has 6 rings (SSSR count). The third-order valence-electron chi connectivity index (χ3n) is 6.18. The monoisotopic (exact) mass is 433 g/mol. The quantitative estimate of drug-likeness (QED) is 0.319. The van der Waals surface area contributed by atoms with E-state index in [4.69, 9.17) is 0 Å². The van der Waals surface area contributed by atoms with Gasteiger partial charge >= 0.3 is 0 Å². The summed E-state index contributed by atoms with van der Waals surface area (Å²) in [5.41, 5.74) is 8.40. The second-order valence-corrected chi connectivity index (χ2v) is 8.09. The molecule has 0 atom stereocenters. The van der Waals surface area contributed by atoms with E-state index in [0.717, 1.165) is 64.9 Å². The molecular formula is C28H23N3O2. The first-order valence-electron chi connectivity index (χ1n) is 11.1. The average molecular weight is 434 g/mol. The highest BCUT2D eigenvalue weighted by molar-refractivity contribution is 6.14. The van der Waals surface area contributed by atoms with Crippen molar-refractivity contribution in [2.45, 2.75) is 25.7 Å². The number of oxime groups is 1. The van der Waals surface area contributed by atoms with E-state index in [0.29, 0.717) is 5.71 Å². The summed E-state index contributed by atoms with van der Waals surface area (Å²) in [6.07, 6.45) is 7.09. The van der Waals surface area contributed by atoms with Crippen LogP contribution < -0.4 is 0 Å². The van der Waals surface area contributed by atoms with Crippen LogP contribution in [0, 0.1) is 0 Å². The van der Waals surface area contributed by atoms with Crippen LogP contribution in [0.25, 0.3) is 0 Å². The Morgan fingerprint density at radius 2 is 1.12 bits per heavy atom. The number of nitrogens with zero attached hydrogens (tertiary/aromatic N) is 3. The summed E-state index contributed by atoms with van der Waals surface area (Å²) in [5, 5.41) is 12.7. The van der Waals surface area contributed by atoms with Gasteiger partial charge in [0.25, 0.3) is 0 Å². The van der Waals surface area contributed by atoms with Gasteiger partial charge < -0.3 is 5.21 Å². The number of aryl methyl sites for hydroxylation is 4. The van der Waals surface area contributed by atoms with Gasteiger partial charge in [-0.2, -0.15) is 0 Å². The molecule has 0 fully saturated rings. The fourth-order valence-electron chi connectivity index (χ4n) is 4.53. The summed E-state index contributed by atoms with van der Waals surface area (Å²) in [4.78, 5) is 20.9. The lowest BCUT2D eigenvalue weighted by atomic mass is 10.00. The largest absolute Gasteiger partial charge is 0.410 e.